The van der Waals surface area contributed by atoms with Crippen LogP contribution in [-0.4, -0.2) is 53.3 Å². The zero-order chi connectivity index (χ0) is 31.1. The van der Waals surface area contributed by atoms with E-state index >= 15 is 0 Å². The van der Waals surface area contributed by atoms with E-state index in [1.54, 1.807) is 44.2 Å². The first-order valence-corrected chi connectivity index (χ1v) is 12.7. The van der Waals surface area contributed by atoms with Crippen LogP contribution in [0.4, 0.5) is 22.4 Å². The number of aliphatic hydroxyl groups excluding tert-OH is 1. The second-order valence-corrected chi connectivity index (χ2v) is 10.6. The number of hydrogen-bond donors (Lipinski definition) is 3. The number of halogens is 4. The average molecular weight is 587 g/mol. The molecule has 226 valence electrons. The maximum atomic E-state index is 14.1. The molecule has 9 nitrogen and oxygen atoms in total. The number of hydrogen-bond acceptors (Lipinski definition) is 8. The van der Waals surface area contributed by atoms with E-state index < -0.39 is 89.1 Å². The number of benzene rings is 2. The van der Waals surface area contributed by atoms with E-state index in [-0.39, 0.29) is 12.7 Å². The fraction of sp³-hybridized carbons (Fsp3) is 0.464. The molecule has 0 aliphatic carbocycles. The van der Waals surface area contributed by atoms with Crippen LogP contribution in [0, 0.1) is 35.1 Å². The van der Waals surface area contributed by atoms with Crippen LogP contribution in [0.15, 0.2) is 36.4 Å². The van der Waals surface area contributed by atoms with Crippen molar-refractivity contribution in [1.82, 2.24) is 5.32 Å². The third-order valence-corrected chi connectivity index (χ3v) is 5.74. The van der Waals surface area contributed by atoms with Crippen LogP contribution < -0.4 is 15.8 Å². The van der Waals surface area contributed by atoms with Gasteiger partial charge in [-0.3, -0.25) is 9.59 Å². The lowest BCUT2D eigenvalue weighted by Gasteiger charge is -2.32. The Hall–Kier alpha value is -3.71. The molecule has 0 spiro atoms. The van der Waals surface area contributed by atoms with Gasteiger partial charge in [0.25, 0.3) is 0 Å². The zero-order valence-electron chi connectivity index (χ0n) is 23.3. The van der Waals surface area contributed by atoms with Crippen LogP contribution in [0.1, 0.15) is 40.2 Å². The second kappa shape index (κ2) is 14.3. The Kier molecular flexibility index (Phi) is 11.7. The van der Waals surface area contributed by atoms with Crippen molar-refractivity contribution in [2.75, 3.05) is 6.61 Å². The van der Waals surface area contributed by atoms with Crippen LogP contribution in [0.3, 0.4) is 0 Å². The van der Waals surface area contributed by atoms with Crippen LogP contribution >= 0.6 is 0 Å². The standard InChI is InChI=1S/C28H34F4N2O7/c1-14(2)23(34-27(38)40-12-15-9-7-6-8-10-15)24(36)19(22(33)26(37)41-28(3,4)5)18(35)13-39-25-20(31)16(29)11-17(30)21(25)32/h6-11,14,18-19,22-23,35H,12-13,33H2,1-5H3,(H,34,38)/t18?,19?,22?,23-/m0/s1. The molecule has 0 aromatic heterocycles. The van der Waals surface area contributed by atoms with Gasteiger partial charge in [-0.15, -0.1) is 0 Å². The molecule has 0 aliphatic heterocycles. The summed E-state index contributed by atoms with van der Waals surface area (Å²) in [5.41, 5.74) is 5.65. The number of ketones is 1. The highest BCUT2D eigenvalue weighted by molar-refractivity contribution is 5.94. The van der Waals surface area contributed by atoms with Gasteiger partial charge in [0, 0.05) is 6.07 Å². The molecule has 4 N–H and O–H groups in total. The number of alkyl carbamates (subject to hydrolysis) is 1. The van der Waals surface area contributed by atoms with E-state index in [0.717, 1.165) is 0 Å². The lowest BCUT2D eigenvalue weighted by atomic mass is 9.83. The van der Waals surface area contributed by atoms with Crippen molar-refractivity contribution >= 4 is 17.8 Å². The van der Waals surface area contributed by atoms with E-state index in [0.29, 0.717) is 5.56 Å². The first kappa shape index (κ1) is 33.5. The molecule has 0 aliphatic rings. The number of nitrogens with two attached hydrogens (primary N) is 1. The normalized spacial score (nSPS) is 14.5. The minimum atomic E-state index is -2.06. The fourth-order valence-electron chi connectivity index (χ4n) is 3.74. The lowest BCUT2D eigenvalue weighted by molar-refractivity contribution is -0.161. The Morgan fingerprint density at radius 3 is 2.07 bits per heavy atom. The largest absolute Gasteiger partial charge is 0.485 e. The van der Waals surface area contributed by atoms with Crippen LogP contribution in [-0.2, 0) is 25.7 Å². The van der Waals surface area contributed by atoms with Crippen molar-refractivity contribution < 1.29 is 51.3 Å². The Morgan fingerprint density at radius 2 is 1.56 bits per heavy atom. The summed E-state index contributed by atoms with van der Waals surface area (Å²) in [4.78, 5) is 39.0. The Morgan fingerprint density at radius 1 is 1.00 bits per heavy atom. The molecule has 13 heteroatoms. The molecule has 4 atom stereocenters. The molecule has 0 radical (unpaired) electrons. The molecule has 0 fully saturated rings. The molecule has 1 amide bonds. The summed E-state index contributed by atoms with van der Waals surface area (Å²) in [6.45, 7) is 6.45. The van der Waals surface area contributed by atoms with E-state index in [2.05, 4.69) is 5.32 Å². The molecule has 3 unspecified atom stereocenters. The van der Waals surface area contributed by atoms with E-state index in [4.69, 9.17) is 19.9 Å². The van der Waals surface area contributed by atoms with E-state index in [1.165, 1.54) is 20.8 Å². The van der Waals surface area contributed by atoms with Crippen molar-refractivity contribution in [2.24, 2.45) is 17.6 Å². The number of nitrogens with one attached hydrogen (secondary N) is 1. The zero-order valence-corrected chi connectivity index (χ0v) is 23.3. The Bertz CT molecular complexity index is 1200. The average Bonchev–Trinajstić information content (AvgIpc) is 2.88. The van der Waals surface area contributed by atoms with Crippen molar-refractivity contribution in [3.05, 3.63) is 65.2 Å². The number of ether oxygens (including phenoxy) is 3. The van der Waals surface area contributed by atoms with Gasteiger partial charge in [0.1, 0.15) is 24.9 Å². The number of carbonyl (C=O) groups excluding carboxylic acids is 3. The Balaban J connectivity index is 2.32. The van der Waals surface area contributed by atoms with Gasteiger partial charge in [-0.2, -0.15) is 8.78 Å². The molecule has 0 saturated carbocycles. The maximum Gasteiger partial charge on any atom is 0.408 e. The molecule has 2 rings (SSSR count). The summed E-state index contributed by atoms with van der Waals surface area (Å²) in [7, 11) is 0. The third kappa shape index (κ3) is 9.42. The summed E-state index contributed by atoms with van der Waals surface area (Å²) in [5.74, 6) is -13.3. The molecule has 2 aromatic carbocycles. The van der Waals surface area contributed by atoms with Gasteiger partial charge < -0.3 is 30.4 Å². The molecule has 0 saturated heterocycles. The summed E-state index contributed by atoms with van der Waals surface area (Å²) in [5, 5.41) is 13.3. The van der Waals surface area contributed by atoms with Gasteiger partial charge in [0.05, 0.1) is 18.1 Å². The highest BCUT2D eigenvalue weighted by atomic mass is 19.2. The molecular formula is C28H34F4N2O7. The first-order chi connectivity index (χ1) is 19.0. The predicted molar refractivity (Wildman–Crippen MR) is 138 cm³/mol. The quantitative estimate of drug-likeness (QED) is 0.194. The highest BCUT2D eigenvalue weighted by Gasteiger charge is 2.43. The molecule has 41 heavy (non-hydrogen) atoms. The summed E-state index contributed by atoms with van der Waals surface area (Å²) < 4.78 is 70.6. The predicted octanol–water partition coefficient (Wildman–Crippen LogP) is 3.79. The SMILES string of the molecule is CC(C)[C@H](NC(=O)OCc1ccccc1)C(=O)C(C(O)COc1c(F)c(F)cc(F)c1F)C(N)C(=O)OC(C)(C)C. The summed E-state index contributed by atoms with van der Waals surface area (Å²) in [6, 6.07) is 5.41. The molecular weight excluding hydrogens is 552 g/mol. The number of amides is 1. The van der Waals surface area contributed by atoms with E-state index in [1.807, 2.05) is 0 Å². The van der Waals surface area contributed by atoms with Crippen molar-refractivity contribution in [3.8, 4) is 5.75 Å². The highest BCUT2D eigenvalue weighted by Crippen LogP contribution is 2.28. The number of carbonyl (C=O) groups is 3. The molecule has 0 heterocycles. The van der Waals surface area contributed by atoms with Gasteiger partial charge in [0.2, 0.25) is 11.6 Å². The molecule has 0 bridgehead atoms. The molecule has 2 aromatic rings. The van der Waals surface area contributed by atoms with Crippen LogP contribution in [0.25, 0.3) is 0 Å². The van der Waals surface area contributed by atoms with Gasteiger partial charge >= 0.3 is 12.1 Å². The summed E-state index contributed by atoms with van der Waals surface area (Å²) in [6.07, 6.45) is -3.05. The van der Waals surface area contributed by atoms with Crippen molar-refractivity contribution in [3.63, 3.8) is 0 Å². The number of aliphatic hydroxyl groups is 1. The lowest BCUT2D eigenvalue weighted by Crippen LogP contribution is -2.57. The topological polar surface area (TPSA) is 137 Å². The van der Waals surface area contributed by atoms with Crippen molar-refractivity contribution in [1.29, 1.82) is 0 Å². The fourth-order valence-corrected chi connectivity index (χ4v) is 3.74. The van der Waals surface area contributed by atoms with Gasteiger partial charge in [0.15, 0.2) is 23.2 Å². The van der Waals surface area contributed by atoms with Gasteiger partial charge in [-0.1, -0.05) is 44.2 Å². The number of rotatable bonds is 12. The minimum absolute atomic E-state index is 0.0333. The first-order valence-electron chi connectivity index (χ1n) is 12.7. The monoisotopic (exact) mass is 586 g/mol. The van der Waals surface area contributed by atoms with Crippen LogP contribution in [0.2, 0.25) is 0 Å². The van der Waals surface area contributed by atoms with Gasteiger partial charge in [-0.05, 0) is 32.3 Å². The van der Waals surface area contributed by atoms with Crippen LogP contribution in [0.5, 0.6) is 5.75 Å². The summed E-state index contributed by atoms with van der Waals surface area (Å²) >= 11 is 0. The van der Waals surface area contributed by atoms with Gasteiger partial charge in [-0.25, -0.2) is 13.6 Å². The smallest absolute Gasteiger partial charge is 0.408 e. The maximum absolute atomic E-state index is 14.1. The minimum Gasteiger partial charge on any atom is -0.485 e. The van der Waals surface area contributed by atoms with Crippen molar-refractivity contribution in [2.45, 2.75) is 65.0 Å². The number of esters is 1. The second-order valence-electron chi connectivity index (χ2n) is 10.6. The number of Topliss-reactive ketones (excluding diaryl/α,β-unsaturated/α-hetero) is 1. The van der Waals surface area contributed by atoms with E-state index in [9.17, 15) is 37.1 Å². The third-order valence-electron chi connectivity index (χ3n) is 5.74. The Labute approximate surface area is 234 Å².